The van der Waals surface area contributed by atoms with Crippen LogP contribution in [0, 0.1) is 22.7 Å². The molecule has 2 heterocycles. The maximum absolute atomic E-state index is 14.9. The second-order valence-corrected chi connectivity index (χ2v) is 13.0. The smallest absolute Gasteiger partial charge is 0.340 e. The van der Waals surface area contributed by atoms with Crippen molar-refractivity contribution < 1.29 is 48.3 Å². The summed E-state index contributed by atoms with van der Waals surface area (Å²) in [6.45, 7) is 10.9. The molecule has 228 valence electrons. The summed E-state index contributed by atoms with van der Waals surface area (Å²) >= 11 is 0. The fraction of sp³-hybridized carbons (Fsp3) is 0.645. The van der Waals surface area contributed by atoms with Crippen molar-refractivity contribution in [2.24, 2.45) is 22.7 Å². The zero-order valence-corrected chi connectivity index (χ0v) is 25.0. The van der Waals surface area contributed by atoms with Crippen molar-refractivity contribution in [3.05, 3.63) is 41.2 Å². The van der Waals surface area contributed by atoms with Gasteiger partial charge in [0.15, 0.2) is 17.5 Å². The SMILES string of the molecule is CC(=O)OC1C(=O)[C@@]2(C)C(C(OC(=O)c3cccnc3)C3(O)CC(O)C(C)=C1C3(C)C)C1(OC(C)=O)COC1C[C@@H]2C. The lowest BCUT2D eigenvalue weighted by molar-refractivity contribution is -0.340. The van der Waals surface area contributed by atoms with E-state index in [1.165, 1.54) is 32.3 Å². The highest BCUT2D eigenvalue weighted by atomic mass is 16.6. The summed E-state index contributed by atoms with van der Waals surface area (Å²) in [6, 6.07) is 3.08. The number of carbonyl (C=O) groups excluding carboxylic acids is 4. The number of hydrogen-bond donors (Lipinski definition) is 2. The number of carbonyl (C=O) groups is 4. The fourth-order valence-corrected chi connectivity index (χ4v) is 8.11. The number of Topliss-reactive ketones (excluding diaryl/α,β-unsaturated/α-hetero) is 1. The number of aromatic nitrogens is 1. The molecule has 42 heavy (non-hydrogen) atoms. The van der Waals surface area contributed by atoms with Gasteiger partial charge in [0.05, 0.1) is 24.2 Å². The number of aliphatic hydroxyl groups excluding tert-OH is 1. The normalized spacial score (nSPS) is 40.4. The minimum atomic E-state index is -2.02. The van der Waals surface area contributed by atoms with E-state index in [1.807, 2.05) is 6.92 Å². The third kappa shape index (κ3) is 4.07. The maximum atomic E-state index is 14.9. The number of ketones is 1. The number of rotatable bonds is 4. The average Bonchev–Trinajstić information content (AvgIpc) is 2.90. The van der Waals surface area contributed by atoms with Gasteiger partial charge in [0.2, 0.25) is 0 Å². The first kappa shape index (κ1) is 30.3. The molecule has 2 N–H and O–H groups in total. The van der Waals surface area contributed by atoms with Crippen molar-refractivity contribution in [2.75, 3.05) is 6.61 Å². The van der Waals surface area contributed by atoms with E-state index in [4.69, 9.17) is 18.9 Å². The lowest BCUT2D eigenvalue weighted by atomic mass is 9.43. The van der Waals surface area contributed by atoms with E-state index in [1.54, 1.807) is 33.8 Å². The van der Waals surface area contributed by atoms with Crippen LogP contribution in [-0.4, -0.2) is 81.1 Å². The molecule has 1 saturated heterocycles. The molecule has 1 aliphatic heterocycles. The topological polar surface area (TPSA) is 159 Å². The van der Waals surface area contributed by atoms with E-state index in [-0.39, 0.29) is 24.2 Å². The van der Waals surface area contributed by atoms with E-state index in [2.05, 4.69) is 4.98 Å². The molecule has 4 aliphatic rings. The Morgan fingerprint density at radius 2 is 1.81 bits per heavy atom. The Balaban J connectivity index is 1.84. The van der Waals surface area contributed by atoms with Crippen molar-refractivity contribution in [1.29, 1.82) is 0 Å². The Morgan fingerprint density at radius 3 is 2.36 bits per heavy atom. The molecule has 0 amide bonds. The molecule has 3 fully saturated rings. The average molecular weight is 586 g/mol. The summed E-state index contributed by atoms with van der Waals surface area (Å²) in [5.41, 5.74) is -5.53. The van der Waals surface area contributed by atoms with Crippen LogP contribution in [0.2, 0.25) is 0 Å². The molecule has 1 aromatic heterocycles. The molecule has 7 unspecified atom stereocenters. The Labute approximate surface area is 244 Å². The number of nitrogens with zero attached hydrogens (tertiary/aromatic N) is 1. The molecule has 2 saturated carbocycles. The number of aliphatic hydroxyl groups is 2. The summed E-state index contributed by atoms with van der Waals surface area (Å²) in [5, 5.41) is 24.2. The lowest BCUT2D eigenvalue weighted by Crippen LogP contribution is -2.80. The maximum Gasteiger partial charge on any atom is 0.340 e. The summed E-state index contributed by atoms with van der Waals surface area (Å²) in [7, 11) is 0. The van der Waals surface area contributed by atoms with Gasteiger partial charge in [-0.2, -0.15) is 0 Å². The monoisotopic (exact) mass is 585 g/mol. The van der Waals surface area contributed by atoms with Crippen LogP contribution < -0.4 is 0 Å². The largest absolute Gasteiger partial charge is 0.455 e. The van der Waals surface area contributed by atoms with Gasteiger partial charge in [-0.3, -0.25) is 19.4 Å². The minimum Gasteiger partial charge on any atom is -0.455 e. The highest BCUT2D eigenvalue weighted by molar-refractivity contribution is 5.95. The van der Waals surface area contributed by atoms with Gasteiger partial charge in [-0.1, -0.05) is 27.7 Å². The standard InChI is InChI=1S/C31H39NO10/c1-15-11-21-30(14-39-21,42-18(4)34)24-26(41-27(37)19-9-8-10-32-13-19)31(38)12-20(35)16(2)22(28(31,5)6)23(40-17(3)33)25(36)29(15,24)7/h8-10,13,15,20-21,23-24,26,35,38H,11-12,14H2,1-7H3/t15-,20?,21?,23?,24?,26?,29+,30?,31?/m0/s1. The molecule has 1 aromatic rings. The van der Waals surface area contributed by atoms with Crippen LogP contribution in [0.5, 0.6) is 0 Å². The van der Waals surface area contributed by atoms with Crippen LogP contribution in [0.15, 0.2) is 35.7 Å². The van der Waals surface area contributed by atoms with E-state index in [9.17, 15) is 29.4 Å². The van der Waals surface area contributed by atoms with Gasteiger partial charge >= 0.3 is 17.9 Å². The first-order chi connectivity index (χ1) is 19.5. The number of hydrogen-bond acceptors (Lipinski definition) is 11. The predicted octanol–water partition coefficient (Wildman–Crippen LogP) is 2.32. The van der Waals surface area contributed by atoms with Gasteiger partial charge in [0.1, 0.15) is 17.8 Å². The molecular formula is C31H39NO10. The zero-order valence-electron chi connectivity index (χ0n) is 25.0. The van der Waals surface area contributed by atoms with Crippen molar-refractivity contribution in [1.82, 2.24) is 4.98 Å². The zero-order chi connectivity index (χ0) is 31.0. The van der Waals surface area contributed by atoms with Crippen molar-refractivity contribution in [2.45, 2.75) is 96.9 Å². The fourth-order valence-electron chi connectivity index (χ4n) is 8.11. The molecular weight excluding hydrogens is 546 g/mol. The molecule has 11 nitrogen and oxygen atoms in total. The van der Waals surface area contributed by atoms with Crippen LogP contribution in [0.4, 0.5) is 0 Å². The molecule has 3 aliphatic carbocycles. The Bertz CT molecular complexity index is 1360. The summed E-state index contributed by atoms with van der Waals surface area (Å²) in [6.07, 6.45) is -1.94. The molecule has 2 bridgehead atoms. The Kier molecular flexibility index (Phi) is 7.19. The van der Waals surface area contributed by atoms with Crippen LogP contribution in [0.3, 0.4) is 0 Å². The van der Waals surface area contributed by atoms with Crippen LogP contribution >= 0.6 is 0 Å². The van der Waals surface area contributed by atoms with Crippen LogP contribution in [0.25, 0.3) is 0 Å². The van der Waals surface area contributed by atoms with E-state index < -0.39 is 82.0 Å². The highest BCUT2D eigenvalue weighted by Crippen LogP contribution is 2.65. The van der Waals surface area contributed by atoms with Gasteiger partial charge in [0.25, 0.3) is 0 Å². The molecule has 5 rings (SSSR count). The number of ether oxygens (including phenoxy) is 4. The summed E-state index contributed by atoms with van der Waals surface area (Å²) in [5.74, 6) is -4.23. The predicted molar refractivity (Wildman–Crippen MR) is 146 cm³/mol. The quantitative estimate of drug-likeness (QED) is 0.303. The van der Waals surface area contributed by atoms with Gasteiger partial charge in [-0.15, -0.1) is 0 Å². The molecule has 0 radical (unpaired) electrons. The van der Waals surface area contributed by atoms with Crippen LogP contribution in [-0.2, 0) is 33.3 Å². The van der Waals surface area contributed by atoms with Gasteiger partial charge in [-0.05, 0) is 42.5 Å². The minimum absolute atomic E-state index is 0.0997. The number of pyridine rings is 1. The first-order valence-electron chi connectivity index (χ1n) is 14.3. The van der Waals surface area contributed by atoms with Gasteiger partial charge in [-0.25, -0.2) is 4.79 Å². The van der Waals surface area contributed by atoms with Crippen molar-refractivity contribution in [3.63, 3.8) is 0 Å². The number of fused-ring (bicyclic) bond motifs is 5. The first-order valence-corrected chi connectivity index (χ1v) is 14.3. The van der Waals surface area contributed by atoms with E-state index in [0.29, 0.717) is 12.0 Å². The molecule has 11 heteroatoms. The summed E-state index contributed by atoms with van der Waals surface area (Å²) in [4.78, 5) is 57.7. The summed E-state index contributed by atoms with van der Waals surface area (Å²) < 4.78 is 23.9. The third-order valence-electron chi connectivity index (χ3n) is 10.6. The second-order valence-electron chi connectivity index (χ2n) is 13.0. The molecule has 9 atom stereocenters. The Morgan fingerprint density at radius 1 is 1.12 bits per heavy atom. The lowest BCUT2D eigenvalue weighted by Gasteiger charge is -2.68. The van der Waals surface area contributed by atoms with Crippen molar-refractivity contribution >= 4 is 23.7 Å². The van der Waals surface area contributed by atoms with Crippen LogP contribution in [0.1, 0.15) is 71.7 Å². The molecule has 0 aromatic carbocycles. The van der Waals surface area contributed by atoms with Gasteiger partial charge in [0, 0.05) is 43.5 Å². The number of esters is 3. The second kappa shape index (κ2) is 9.96. The van der Waals surface area contributed by atoms with Crippen molar-refractivity contribution in [3.8, 4) is 0 Å². The third-order valence-corrected chi connectivity index (χ3v) is 10.6. The Hall–Kier alpha value is -3.15. The van der Waals surface area contributed by atoms with Gasteiger partial charge < -0.3 is 29.2 Å². The highest BCUT2D eigenvalue weighted by Gasteiger charge is 2.77. The van der Waals surface area contributed by atoms with E-state index in [0.717, 1.165) is 0 Å². The molecule has 0 spiro atoms. The van der Waals surface area contributed by atoms with E-state index >= 15 is 0 Å².